The highest BCUT2D eigenvalue weighted by Crippen LogP contribution is 2.22. The fraction of sp³-hybridized carbons (Fsp3) is 0.381. The predicted octanol–water partition coefficient (Wildman–Crippen LogP) is 2.92. The van der Waals surface area contributed by atoms with Gasteiger partial charge in [0.25, 0.3) is 5.91 Å². The Morgan fingerprint density at radius 2 is 1.96 bits per heavy atom. The largest absolute Gasteiger partial charge is 0.351 e. The van der Waals surface area contributed by atoms with Gasteiger partial charge in [0.05, 0.1) is 0 Å². The van der Waals surface area contributed by atoms with Crippen molar-refractivity contribution >= 4 is 11.6 Å². The molecule has 2 aromatic heterocycles. The lowest BCUT2D eigenvalue weighted by molar-refractivity contribution is 0.0947. The molecule has 1 amide bonds. The number of fused-ring (bicyclic) bond motifs is 1. The van der Waals surface area contributed by atoms with Crippen LogP contribution < -0.4 is 5.32 Å². The van der Waals surface area contributed by atoms with Crippen LogP contribution in [0.25, 0.3) is 16.9 Å². The third-order valence-corrected chi connectivity index (χ3v) is 5.07. The molecule has 0 saturated carbocycles. The van der Waals surface area contributed by atoms with Crippen molar-refractivity contribution in [2.45, 2.75) is 26.2 Å². The van der Waals surface area contributed by atoms with Crippen molar-refractivity contribution in [3.8, 4) is 11.3 Å². The van der Waals surface area contributed by atoms with Gasteiger partial charge in [-0.15, -0.1) is 0 Å². The van der Waals surface area contributed by atoms with E-state index >= 15 is 0 Å². The maximum absolute atomic E-state index is 12.5. The van der Waals surface area contributed by atoms with Crippen molar-refractivity contribution in [2.75, 3.05) is 26.2 Å². The van der Waals surface area contributed by atoms with Gasteiger partial charge in [-0.2, -0.15) is 0 Å². The third-order valence-electron chi connectivity index (χ3n) is 5.07. The second kappa shape index (κ2) is 7.88. The highest BCUT2D eigenvalue weighted by atomic mass is 16.1. The molecule has 3 aromatic rings. The summed E-state index contributed by atoms with van der Waals surface area (Å²) >= 11 is 0. The van der Waals surface area contributed by atoms with E-state index in [2.05, 4.69) is 39.2 Å². The van der Waals surface area contributed by atoms with Crippen molar-refractivity contribution in [3.05, 3.63) is 54.1 Å². The van der Waals surface area contributed by atoms with Gasteiger partial charge in [-0.1, -0.05) is 29.8 Å². The molecule has 1 aliphatic heterocycles. The molecule has 1 N–H and O–H groups in total. The number of benzene rings is 1. The predicted molar refractivity (Wildman–Crippen MR) is 106 cm³/mol. The van der Waals surface area contributed by atoms with Crippen molar-refractivity contribution in [1.82, 2.24) is 24.6 Å². The van der Waals surface area contributed by atoms with Crippen LogP contribution in [0.15, 0.2) is 42.9 Å². The van der Waals surface area contributed by atoms with Gasteiger partial charge in [0, 0.05) is 30.7 Å². The van der Waals surface area contributed by atoms with Crippen LogP contribution in [0.5, 0.6) is 0 Å². The number of aryl methyl sites for hydroxylation is 1. The van der Waals surface area contributed by atoms with Crippen molar-refractivity contribution < 1.29 is 4.79 Å². The third kappa shape index (κ3) is 4.01. The molecule has 4 rings (SSSR count). The number of nitrogens with zero attached hydrogens (tertiary/aromatic N) is 4. The first-order valence-corrected chi connectivity index (χ1v) is 9.62. The molecule has 0 aliphatic carbocycles. The Labute approximate surface area is 159 Å². The summed E-state index contributed by atoms with van der Waals surface area (Å²) in [5.74, 6) is -0.130. The molecule has 0 radical (unpaired) electrons. The van der Waals surface area contributed by atoms with Gasteiger partial charge in [0.2, 0.25) is 0 Å². The molecule has 6 heteroatoms. The molecule has 0 unspecified atom stereocenters. The molecule has 1 aromatic carbocycles. The molecule has 0 atom stereocenters. The molecule has 1 fully saturated rings. The smallest absolute Gasteiger partial charge is 0.271 e. The standard InChI is InChI=1S/C21H25N5O/c1-16-5-7-17(8-6-16)19-20-24-18(15-26(20)14-10-22-19)21(27)23-9-4-13-25-11-2-3-12-25/h5-8,10,14-15H,2-4,9,11-13H2,1H3,(H,23,27). The van der Waals surface area contributed by atoms with Crippen molar-refractivity contribution in [1.29, 1.82) is 0 Å². The Hall–Kier alpha value is -2.73. The van der Waals surface area contributed by atoms with E-state index < -0.39 is 0 Å². The number of likely N-dealkylation sites (tertiary alicyclic amines) is 1. The average molecular weight is 363 g/mol. The lowest BCUT2D eigenvalue weighted by atomic mass is 10.1. The van der Waals surface area contributed by atoms with Crippen molar-refractivity contribution in [2.24, 2.45) is 0 Å². The van der Waals surface area contributed by atoms with E-state index in [4.69, 9.17) is 0 Å². The number of carbonyl (C=O) groups is 1. The zero-order chi connectivity index (χ0) is 18.6. The van der Waals surface area contributed by atoms with Gasteiger partial charge in [-0.05, 0) is 45.8 Å². The minimum Gasteiger partial charge on any atom is -0.351 e. The maximum atomic E-state index is 12.5. The van der Waals surface area contributed by atoms with Crippen LogP contribution in [-0.4, -0.2) is 51.4 Å². The number of hydrogen-bond acceptors (Lipinski definition) is 4. The van der Waals surface area contributed by atoms with Gasteiger partial charge in [0.15, 0.2) is 5.65 Å². The normalized spacial score (nSPS) is 14.7. The van der Waals surface area contributed by atoms with E-state index in [1.807, 2.05) is 22.7 Å². The monoisotopic (exact) mass is 363 g/mol. The van der Waals surface area contributed by atoms with Crippen LogP contribution in [0.1, 0.15) is 35.3 Å². The maximum Gasteiger partial charge on any atom is 0.271 e. The lowest BCUT2D eigenvalue weighted by Gasteiger charge is -2.13. The van der Waals surface area contributed by atoms with Crippen LogP contribution in [0.2, 0.25) is 0 Å². The number of hydrogen-bond donors (Lipinski definition) is 1. The number of amides is 1. The SMILES string of the molecule is Cc1ccc(-c2nccn3cc(C(=O)NCCCN4CCCC4)nc23)cc1. The lowest BCUT2D eigenvalue weighted by Crippen LogP contribution is -2.28. The van der Waals surface area contributed by atoms with E-state index in [1.165, 1.54) is 31.5 Å². The quantitative estimate of drug-likeness (QED) is 0.684. The molecule has 140 valence electrons. The van der Waals surface area contributed by atoms with Crippen LogP contribution in [0.3, 0.4) is 0 Å². The topological polar surface area (TPSA) is 62.5 Å². The fourth-order valence-electron chi connectivity index (χ4n) is 3.55. The molecule has 27 heavy (non-hydrogen) atoms. The van der Waals surface area contributed by atoms with E-state index in [0.29, 0.717) is 17.9 Å². The van der Waals surface area contributed by atoms with Crippen LogP contribution >= 0.6 is 0 Å². The summed E-state index contributed by atoms with van der Waals surface area (Å²) in [6.45, 7) is 6.16. The van der Waals surface area contributed by atoms with Crippen LogP contribution in [0.4, 0.5) is 0 Å². The summed E-state index contributed by atoms with van der Waals surface area (Å²) in [6, 6.07) is 8.17. The minimum absolute atomic E-state index is 0.130. The Kier molecular flexibility index (Phi) is 5.16. The molecule has 0 spiro atoms. The van der Waals surface area contributed by atoms with Gasteiger partial charge in [-0.25, -0.2) is 4.98 Å². The summed E-state index contributed by atoms with van der Waals surface area (Å²) in [7, 11) is 0. The number of imidazole rings is 1. The Morgan fingerprint density at radius 1 is 1.19 bits per heavy atom. The second-order valence-electron chi connectivity index (χ2n) is 7.16. The van der Waals surface area contributed by atoms with E-state index in [9.17, 15) is 4.79 Å². The number of rotatable bonds is 6. The van der Waals surface area contributed by atoms with E-state index in [0.717, 1.165) is 24.2 Å². The molecule has 6 nitrogen and oxygen atoms in total. The van der Waals surface area contributed by atoms with Crippen LogP contribution in [0, 0.1) is 6.92 Å². The fourth-order valence-corrected chi connectivity index (χ4v) is 3.55. The second-order valence-corrected chi connectivity index (χ2v) is 7.16. The number of carbonyl (C=O) groups excluding carboxylic acids is 1. The van der Waals surface area contributed by atoms with E-state index in [1.54, 1.807) is 12.4 Å². The Morgan fingerprint density at radius 3 is 2.74 bits per heavy atom. The molecular formula is C21H25N5O. The summed E-state index contributed by atoms with van der Waals surface area (Å²) in [5, 5.41) is 2.99. The summed E-state index contributed by atoms with van der Waals surface area (Å²) in [6.07, 6.45) is 8.89. The minimum atomic E-state index is -0.130. The molecular weight excluding hydrogens is 338 g/mol. The number of nitrogens with one attached hydrogen (secondary N) is 1. The molecule has 1 aliphatic rings. The highest BCUT2D eigenvalue weighted by molar-refractivity contribution is 5.93. The molecule has 3 heterocycles. The first-order valence-electron chi connectivity index (χ1n) is 9.62. The molecule has 1 saturated heterocycles. The highest BCUT2D eigenvalue weighted by Gasteiger charge is 2.15. The summed E-state index contributed by atoms with van der Waals surface area (Å²) < 4.78 is 1.86. The van der Waals surface area contributed by atoms with Crippen molar-refractivity contribution in [3.63, 3.8) is 0 Å². The molecule has 0 bridgehead atoms. The first-order chi connectivity index (χ1) is 13.2. The number of aromatic nitrogens is 3. The van der Waals surface area contributed by atoms with E-state index in [-0.39, 0.29) is 5.91 Å². The van der Waals surface area contributed by atoms with Crippen LogP contribution in [-0.2, 0) is 0 Å². The van der Waals surface area contributed by atoms with Gasteiger partial charge in [-0.3, -0.25) is 9.78 Å². The van der Waals surface area contributed by atoms with Gasteiger partial charge < -0.3 is 14.6 Å². The summed E-state index contributed by atoms with van der Waals surface area (Å²) in [4.78, 5) is 24.0. The Bertz CT molecular complexity index is 925. The Balaban J connectivity index is 1.45. The summed E-state index contributed by atoms with van der Waals surface area (Å²) in [5.41, 5.74) is 4.10. The average Bonchev–Trinajstić information content (AvgIpc) is 3.35. The first kappa shape index (κ1) is 17.7. The zero-order valence-corrected chi connectivity index (χ0v) is 15.7. The van der Waals surface area contributed by atoms with Gasteiger partial charge in [0.1, 0.15) is 11.4 Å². The van der Waals surface area contributed by atoms with Gasteiger partial charge >= 0.3 is 0 Å². The zero-order valence-electron chi connectivity index (χ0n) is 15.7.